The summed E-state index contributed by atoms with van der Waals surface area (Å²) in [6.45, 7) is 2.23. The van der Waals surface area contributed by atoms with Gasteiger partial charge in [-0.1, -0.05) is 0 Å². The summed E-state index contributed by atoms with van der Waals surface area (Å²) in [5.74, 6) is -0.282. The van der Waals surface area contributed by atoms with Gasteiger partial charge in [-0.3, -0.25) is 19.6 Å². The first-order chi connectivity index (χ1) is 15.4. The zero-order valence-corrected chi connectivity index (χ0v) is 18.1. The van der Waals surface area contributed by atoms with Crippen molar-refractivity contribution in [3.63, 3.8) is 0 Å². The Hall–Kier alpha value is -3.60. The Kier molecular flexibility index (Phi) is 5.99. The molecule has 3 heterocycles. The monoisotopic (exact) mass is 455 g/mol. The van der Waals surface area contributed by atoms with Crippen LogP contribution in [-0.4, -0.2) is 46.1 Å². The molecule has 4 rings (SSSR count). The molecule has 1 fully saturated rings. The Balaban J connectivity index is 1.46. The van der Waals surface area contributed by atoms with Crippen LogP contribution in [0.1, 0.15) is 35.8 Å². The zero-order valence-electron chi connectivity index (χ0n) is 17.2. The Bertz CT molecular complexity index is 1320. The smallest absolute Gasteiger partial charge is 0.261 e. The first-order valence-electron chi connectivity index (χ1n) is 10.0. The molecule has 2 N–H and O–H groups in total. The number of aromatic amines is 1. The molecule has 1 saturated carbocycles. The molecule has 0 bridgehead atoms. The van der Waals surface area contributed by atoms with Gasteiger partial charge in [-0.25, -0.2) is 13.4 Å². The van der Waals surface area contributed by atoms with E-state index < -0.39 is 21.3 Å². The van der Waals surface area contributed by atoms with E-state index in [9.17, 15) is 18.0 Å². The van der Waals surface area contributed by atoms with Crippen LogP contribution in [0, 0.1) is 0 Å². The lowest BCUT2D eigenvalue weighted by molar-refractivity contribution is 0.0949. The van der Waals surface area contributed by atoms with Crippen LogP contribution in [0.3, 0.4) is 0 Å². The highest BCUT2D eigenvalue weighted by atomic mass is 32.2. The number of H-pyrrole nitrogens is 1. The third-order valence-corrected chi connectivity index (χ3v) is 7.10. The summed E-state index contributed by atoms with van der Waals surface area (Å²) in [7, 11) is -3.35. The largest absolute Gasteiger partial charge is 0.477 e. The number of carbonyl (C=O) groups is 1. The molecule has 0 atom stereocenters. The minimum Gasteiger partial charge on any atom is -0.477 e. The Morgan fingerprint density at radius 1 is 1.25 bits per heavy atom. The quantitative estimate of drug-likeness (QED) is 0.520. The molecular formula is C21H21N5O5S. The predicted molar refractivity (Wildman–Crippen MR) is 115 cm³/mol. The van der Waals surface area contributed by atoms with Crippen molar-refractivity contribution >= 4 is 15.7 Å². The Morgan fingerprint density at radius 2 is 2.06 bits per heavy atom. The topological polar surface area (TPSA) is 144 Å². The van der Waals surface area contributed by atoms with Gasteiger partial charge in [0.15, 0.2) is 9.84 Å². The molecular weight excluding hydrogens is 434 g/mol. The highest BCUT2D eigenvalue weighted by Gasteiger charge is 2.36. The van der Waals surface area contributed by atoms with E-state index >= 15 is 0 Å². The molecule has 1 aliphatic rings. The number of pyridine rings is 2. The van der Waals surface area contributed by atoms with Crippen LogP contribution in [0.2, 0.25) is 0 Å². The summed E-state index contributed by atoms with van der Waals surface area (Å²) in [6.07, 6.45) is 5.66. The maximum Gasteiger partial charge on any atom is 0.261 e. The van der Waals surface area contributed by atoms with Gasteiger partial charge in [-0.05, 0) is 44.0 Å². The van der Waals surface area contributed by atoms with E-state index in [0.29, 0.717) is 42.4 Å². The van der Waals surface area contributed by atoms with Crippen LogP contribution in [0.4, 0.5) is 0 Å². The van der Waals surface area contributed by atoms with Gasteiger partial charge in [0.2, 0.25) is 5.88 Å². The van der Waals surface area contributed by atoms with Crippen LogP contribution in [0.15, 0.2) is 52.5 Å². The van der Waals surface area contributed by atoms with Crippen LogP contribution in [-0.2, 0) is 16.4 Å². The van der Waals surface area contributed by atoms with Gasteiger partial charge in [0.25, 0.3) is 11.5 Å². The second-order valence-corrected chi connectivity index (χ2v) is 9.43. The number of amides is 1. The lowest BCUT2D eigenvalue weighted by atomic mass is 10.2. The number of ether oxygens (including phenoxy) is 1. The zero-order chi connectivity index (χ0) is 22.7. The number of hydrogen-bond acceptors (Lipinski definition) is 8. The van der Waals surface area contributed by atoms with Crippen molar-refractivity contribution in [3.8, 4) is 17.3 Å². The second kappa shape index (κ2) is 8.87. The molecule has 0 unspecified atom stereocenters. The fourth-order valence-electron chi connectivity index (χ4n) is 3.06. The summed E-state index contributed by atoms with van der Waals surface area (Å²) in [5, 5.41) is 2.27. The maximum atomic E-state index is 12.5. The molecule has 0 spiro atoms. The van der Waals surface area contributed by atoms with Gasteiger partial charge >= 0.3 is 0 Å². The minimum absolute atomic E-state index is 0.0179. The summed E-state index contributed by atoms with van der Waals surface area (Å²) < 4.78 is 30.1. The summed E-state index contributed by atoms with van der Waals surface area (Å²) in [4.78, 5) is 40.2. The average molecular weight is 455 g/mol. The minimum atomic E-state index is -3.35. The van der Waals surface area contributed by atoms with E-state index in [0.717, 1.165) is 0 Å². The van der Waals surface area contributed by atoms with E-state index in [2.05, 4.69) is 25.3 Å². The number of hydrogen-bond donors (Lipinski definition) is 2. The lowest BCUT2D eigenvalue weighted by Crippen LogP contribution is -2.29. The third kappa shape index (κ3) is 4.67. The van der Waals surface area contributed by atoms with E-state index in [4.69, 9.17) is 4.74 Å². The molecule has 0 aliphatic heterocycles. The third-order valence-electron chi connectivity index (χ3n) is 4.84. The van der Waals surface area contributed by atoms with E-state index in [-0.39, 0.29) is 22.3 Å². The molecule has 0 aromatic carbocycles. The van der Waals surface area contributed by atoms with Crippen molar-refractivity contribution in [2.45, 2.75) is 36.5 Å². The van der Waals surface area contributed by atoms with Crippen molar-refractivity contribution in [3.05, 3.63) is 64.5 Å². The maximum absolute atomic E-state index is 12.5. The molecule has 0 saturated heterocycles. The molecule has 32 heavy (non-hydrogen) atoms. The van der Waals surface area contributed by atoms with Crippen molar-refractivity contribution in [1.29, 1.82) is 0 Å². The van der Waals surface area contributed by atoms with Crippen LogP contribution >= 0.6 is 0 Å². The van der Waals surface area contributed by atoms with Crippen LogP contribution in [0.5, 0.6) is 5.88 Å². The number of carbonyl (C=O) groups excluding carboxylic acids is 1. The van der Waals surface area contributed by atoms with Gasteiger partial charge in [-0.2, -0.15) is 0 Å². The van der Waals surface area contributed by atoms with Gasteiger partial charge in [0.05, 0.1) is 47.1 Å². The predicted octanol–water partition coefficient (Wildman–Crippen LogP) is 1.49. The van der Waals surface area contributed by atoms with Gasteiger partial charge in [0.1, 0.15) is 11.3 Å². The van der Waals surface area contributed by atoms with E-state index in [1.165, 1.54) is 36.8 Å². The van der Waals surface area contributed by atoms with Gasteiger partial charge in [-0.15, -0.1) is 0 Å². The molecule has 10 nitrogen and oxygen atoms in total. The Morgan fingerprint density at radius 3 is 2.78 bits per heavy atom. The molecule has 11 heteroatoms. The van der Waals surface area contributed by atoms with Crippen LogP contribution in [0.25, 0.3) is 11.4 Å². The first kappa shape index (κ1) is 21.6. The molecule has 3 aromatic rings. The van der Waals surface area contributed by atoms with Crippen molar-refractivity contribution in [2.24, 2.45) is 0 Å². The fraction of sp³-hybridized carbons (Fsp3) is 0.286. The summed E-state index contributed by atoms with van der Waals surface area (Å²) in [6, 6.07) is 5.84. The first-order valence-corrected chi connectivity index (χ1v) is 11.6. The average Bonchev–Trinajstić information content (AvgIpc) is 3.64. The molecule has 1 aliphatic carbocycles. The van der Waals surface area contributed by atoms with Gasteiger partial charge in [0, 0.05) is 6.20 Å². The number of nitrogens with zero attached hydrogens (tertiary/aromatic N) is 3. The second-order valence-electron chi connectivity index (χ2n) is 7.20. The molecule has 0 radical (unpaired) electrons. The van der Waals surface area contributed by atoms with Crippen molar-refractivity contribution < 1.29 is 17.9 Å². The number of rotatable bonds is 8. The standard InChI is InChI=1S/C21H21N5O5S/c1-2-31-19-12-22-11-18(25-19)17-6-5-16(21(28)26-17)20(27)24-10-13-9-15(7-8-23-13)32(29,30)14-3-4-14/h5-9,11-12,14H,2-4,10H2,1H3,(H,24,27)(H,26,28). The van der Waals surface area contributed by atoms with Gasteiger partial charge < -0.3 is 15.0 Å². The lowest BCUT2D eigenvalue weighted by Gasteiger charge is -2.08. The molecule has 3 aromatic heterocycles. The highest BCUT2D eigenvalue weighted by molar-refractivity contribution is 7.92. The van der Waals surface area contributed by atoms with Crippen molar-refractivity contribution in [1.82, 2.24) is 25.3 Å². The highest BCUT2D eigenvalue weighted by Crippen LogP contribution is 2.33. The van der Waals surface area contributed by atoms with E-state index in [1.54, 1.807) is 6.07 Å². The number of sulfone groups is 1. The number of aromatic nitrogens is 4. The summed E-state index contributed by atoms with van der Waals surface area (Å²) in [5.41, 5.74) is 0.486. The Labute approximate surface area is 184 Å². The normalized spacial score (nSPS) is 13.5. The SMILES string of the molecule is CCOc1cncc(-c2ccc(C(=O)NCc3cc(S(=O)(=O)C4CC4)ccn3)c(=O)[nH]2)n1. The van der Waals surface area contributed by atoms with E-state index in [1.807, 2.05) is 6.92 Å². The fourth-order valence-corrected chi connectivity index (χ4v) is 4.76. The number of nitrogens with one attached hydrogen (secondary N) is 2. The van der Waals surface area contributed by atoms with Crippen LogP contribution < -0.4 is 15.6 Å². The summed E-state index contributed by atoms with van der Waals surface area (Å²) >= 11 is 0. The molecule has 166 valence electrons. The van der Waals surface area contributed by atoms with Crippen molar-refractivity contribution in [2.75, 3.05) is 6.61 Å². The molecule has 1 amide bonds.